The van der Waals surface area contributed by atoms with Gasteiger partial charge in [0.2, 0.25) is 0 Å². The number of hydrogen-bond acceptors (Lipinski definition) is 0. The van der Waals surface area contributed by atoms with Gasteiger partial charge in [-0.3, -0.25) is 0 Å². The summed E-state index contributed by atoms with van der Waals surface area (Å²) in [4.78, 5) is 0. The highest BCUT2D eigenvalue weighted by Gasteiger charge is 2.07. The molecular weight excluding hydrogens is 216 g/mol. The second-order valence-corrected chi connectivity index (χ2v) is 4.55. The van der Waals surface area contributed by atoms with Crippen LogP contribution in [-0.2, 0) is 0 Å². The Morgan fingerprint density at radius 2 is 1.75 bits per heavy atom. The first kappa shape index (κ1) is 11.1. The topological polar surface area (TPSA) is 0 Å². The third-order valence-corrected chi connectivity index (χ3v) is 2.70. The summed E-state index contributed by atoms with van der Waals surface area (Å²) in [6.07, 6.45) is 10.0. The maximum Gasteiger partial charge on any atom is 0.119 e. The summed E-state index contributed by atoms with van der Waals surface area (Å²) in [5.41, 5.74) is 5.00. The van der Waals surface area contributed by atoms with E-state index in [-0.39, 0.29) is 0 Å². The van der Waals surface area contributed by atoms with Crippen LogP contribution in [0.25, 0.3) is 6.08 Å². The lowest BCUT2D eigenvalue weighted by atomic mass is 10.0. The summed E-state index contributed by atoms with van der Waals surface area (Å²) in [7, 11) is 0. The number of hydrogen-bond donors (Lipinski definition) is 0. The molecule has 0 bridgehead atoms. The molecule has 2 rings (SSSR count). The van der Waals surface area contributed by atoms with E-state index in [1.54, 1.807) is 0 Å². The predicted molar refractivity (Wildman–Crippen MR) is 71.3 cm³/mol. The summed E-state index contributed by atoms with van der Waals surface area (Å²) in [5, 5.41) is 0.776. The monoisotopic (exact) mass is 229 g/mol. The van der Waals surface area contributed by atoms with Crippen LogP contribution >= 0.6 is 11.6 Å². The molecule has 80 valence electrons. The van der Waals surface area contributed by atoms with Crippen LogP contribution in [0.3, 0.4) is 0 Å². The molecule has 0 heterocycles. The molecule has 0 saturated carbocycles. The van der Waals surface area contributed by atoms with Crippen LogP contribution in [0, 0.1) is 20.3 Å². The minimum Gasteiger partial charge on any atom is -0.0563 e. The summed E-state index contributed by atoms with van der Waals surface area (Å²) in [6, 6.07) is 6.54. The van der Waals surface area contributed by atoms with Crippen molar-refractivity contribution in [2.45, 2.75) is 13.8 Å². The highest BCUT2D eigenvalue weighted by molar-refractivity contribution is 6.31. The molecule has 16 heavy (non-hydrogen) atoms. The van der Waals surface area contributed by atoms with Crippen LogP contribution in [0.2, 0.25) is 0 Å². The lowest BCUT2D eigenvalue weighted by molar-refractivity contribution is 1.37. The zero-order valence-electron chi connectivity index (χ0n) is 9.50. The first-order chi connectivity index (χ1) is 7.63. The van der Waals surface area contributed by atoms with Crippen molar-refractivity contribution >= 4 is 17.7 Å². The molecule has 1 aliphatic rings. The summed E-state index contributed by atoms with van der Waals surface area (Å²) < 4.78 is 0. The van der Waals surface area contributed by atoms with E-state index in [0.29, 0.717) is 0 Å². The Hall–Kier alpha value is -1.40. The van der Waals surface area contributed by atoms with Gasteiger partial charge in [0.1, 0.15) is 5.03 Å². The van der Waals surface area contributed by atoms with Crippen LogP contribution in [-0.4, -0.2) is 0 Å². The van der Waals surface area contributed by atoms with Crippen LogP contribution in [0.5, 0.6) is 0 Å². The number of halogens is 1. The Bertz CT molecular complexity index is 470. The van der Waals surface area contributed by atoms with Crippen molar-refractivity contribution in [3.63, 3.8) is 0 Å². The molecule has 0 fully saturated rings. The van der Waals surface area contributed by atoms with E-state index in [1.165, 1.54) is 22.3 Å². The average Bonchev–Trinajstić information content (AvgIpc) is 2.20. The first-order valence-electron chi connectivity index (χ1n) is 5.32. The third-order valence-electron chi connectivity index (χ3n) is 2.45. The Morgan fingerprint density at radius 3 is 2.31 bits per heavy atom. The lowest BCUT2D eigenvalue weighted by Crippen LogP contribution is -1.86. The van der Waals surface area contributed by atoms with Crippen LogP contribution in [0.1, 0.15) is 16.7 Å². The molecule has 0 aliphatic heterocycles. The molecule has 1 aromatic carbocycles. The summed E-state index contributed by atoms with van der Waals surface area (Å²) in [6.45, 7) is 4.23. The van der Waals surface area contributed by atoms with E-state index >= 15 is 0 Å². The fraction of sp³-hybridized carbons (Fsp3) is 0.133. The molecule has 0 unspecified atom stereocenters. The Labute approximate surface area is 102 Å². The quantitative estimate of drug-likeness (QED) is 0.619. The fourth-order valence-corrected chi connectivity index (χ4v) is 1.97. The van der Waals surface area contributed by atoms with Crippen LogP contribution in [0.15, 0.2) is 47.0 Å². The molecule has 0 saturated heterocycles. The van der Waals surface area contributed by atoms with Crippen molar-refractivity contribution in [3.05, 3.63) is 70.1 Å². The summed E-state index contributed by atoms with van der Waals surface area (Å²) >= 11 is 5.85. The smallest absolute Gasteiger partial charge is 0.0563 e. The molecule has 0 spiro atoms. The van der Waals surface area contributed by atoms with Crippen LogP contribution in [0.4, 0.5) is 0 Å². The van der Waals surface area contributed by atoms with Crippen molar-refractivity contribution in [2.75, 3.05) is 0 Å². The van der Waals surface area contributed by atoms with Gasteiger partial charge in [-0.2, -0.15) is 0 Å². The van der Waals surface area contributed by atoms with Crippen molar-refractivity contribution in [3.8, 4) is 0 Å². The maximum atomic E-state index is 5.85. The van der Waals surface area contributed by atoms with Gasteiger partial charge < -0.3 is 0 Å². The minimum absolute atomic E-state index is 0.776. The molecule has 0 atom stereocenters. The second kappa shape index (κ2) is 4.63. The Morgan fingerprint density at radius 1 is 1.06 bits per heavy atom. The van der Waals surface area contributed by atoms with E-state index in [2.05, 4.69) is 38.1 Å². The van der Waals surface area contributed by atoms with E-state index in [1.807, 2.05) is 24.6 Å². The van der Waals surface area contributed by atoms with Gasteiger partial charge in [-0.05, 0) is 48.7 Å². The fourth-order valence-electron chi connectivity index (χ4n) is 1.84. The average molecular weight is 230 g/mol. The Balaban J connectivity index is 2.27. The van der Waals surface area contributed by atoms with Gasteiger partial charge in [0, 0.05) is 36.3 Å². The van der Waals surface area contributed by atoms with Crippen molar-refractivity contribution in [1.82, 2.24) is 0 Å². The second-order valence-electron chi connectivity index (χ2n) is 4.12. The van der Waals surface area contributed by atoms with E-state index < -0.39 is 0 Å². The predicted octanol–water partition coefficient (Wildman–Crippen LogP) is 4.58. The lowest BCUT2D eigenvalue weighted by Gasteiger charge is -2.00. The van der Waals surface area contributed by atoms with Gasteiger partial charge in [0.15, 0.2) is 0 Å². The van der Waals surface area contributed by atoms with Gasteiger partial charge in [-0.15, -0.1) is 0 Å². The number of allylic oxidation sites excluding steroid dienone is 5. The molecule has 1 heteroatoms. The zero-order valence-corrected chi connectivity index (χ0v) is 10.3. The zero-order chi connectivity index (χ0) is 11.5. The number of rotatable bonds is 1. The number of benzene rings is 1. The SMILES string of the molecule is Cc1cc(C)cc(/C=C2\C=CC(Cl)=C[CH+]2)c1. The molecule has 1 aliphatic carbocycles. The third kappa shape index (κ3) is 2.80. The van der Waals surface area contributed by atoms with Gasteiger partial charge in [0.25, 0.3) is 0 Å². The molecular formula is C15H14Cl+. The van der Waals surface area contributed by atoms with Gasteiger partial charge in [-0.25, -0.2) is 0 Å². The molecule has 1 aromatic rings. The van der Waals surface area contributed by atoms with E-state index in [9.17, 15) is 0 Å². The van der Waals surface area contributed by atoms with Crippen molar-refractivity contribution in [1.29, 1.82) is 0 Å². The minimum atomic E-state index is 0.776. The van der Waals surface area contributed by atoms with E-state index in [4.69, 9.17) is 11.6 Å². The van der Waals surface area contributed by atoms with Gasteiger partial charge >= 0.3 is 0 Å². The normalized spacial score (nSPS) is 17.2. The first-order valence-corrected chi connectivity index (χ1v) is 5.70. The largest absolute Gasteiger partial charge is 0.119 e. The molecule has 0 amide bonds. The van der Waals surface area contributed by atoms with Crippen molar-refractivity contribution in [2.24, 2.45) is 0 Å². The summed E-state index contributed by atoms with van der Waals surface area (Å²) in [5.74, 6) is 0. The van der Waals surface area contributed by atoms with Crippen molar-refractivity contribution < 1.29 is 0 Å². The van der Waals surface area contributed by atoms with E-state index in [0.717, 1.165) is 5.03 Å². The molecule has 0 nitrogen and oxygen atoms in total. The van der Waals surface area contributed by atoms with Gasteiger partial charge in [-0.1, -0.05) is 6.07 Å². The molecule has 0 N–H and O–H groups in total. The Kier molecular flexibility index (Phi) is 3.21. The molecule has 0 radical (unpaired) electrons. The van der Waals surface area contributed by atoms with Crippen LogP contribution < -0.4 is 0 Å². The maximum absolute atomic E-state index is 5.85. The van der Waals surface area contributed by atoms with Gasteiger partial charge in [0.05, 0.1) is 5.57 Å². The standard InChI is InChI=1S/C15H14Cl/c1-11-7-12(2)9-14(8-11)10-13-3-5-15(16)6-4-13/h3-10H,1-2H3/q+1. The highest BCUT2D eigenvalue weighted by atomic mass is 35.5. The molecule has 0 aromatic heterocycles. The number of aryl methyl sites for hydroxylation is 2. The highest BCUT2D eigenvalue weighted by Crippen LogP contribution is 2.20.